The van der Waals surface area contributed by atoms with Gasteiger partial charge < -0.3 is 20.5 Å². The topological polar surface area (TPSA) is 83.0 Å². The number of carboxylic acid groups (broad SMARTS) is 1. The molecule has 2 heterocycles. The van der Waals surface area contributed by atoms with Gasteiger partial charge in [0.25, 0.3) is 0 Å². The smallest absolute Gasteiger partial charge is 0.332 e. The first kappa shape index (κ1) is 17.0. The maximum absolute atomic E-state index is 12.3. The number of alkyl halides is 1. The predicted molar refractivity (Wildman–Crippen MR) is 100 cm³/mol. The Hall–Kier alpha value is -2.41. The van der Waals surface area contributed by atoms with Crippen molar-refractivity contribution in [2.75, 3.05) is 19.6 Å². The summed E-state index contributed by atoms with van der Waals surface area (Å²) in [7, 11) is 0. The molecule has 1 fully saturated rings. The summed E-state index contributed by atoms with van der Waals surface area (Å²) < 4.78 is 5.99. The van der Waals surface area contributed by atoms with Gasteiger partial charge in [-0.2, -0.15) is 0 Å². The largest absolute Gasteiger partial charge is 0.480 e. The van der Waals surface area contributed by atoms with E-state index >= 15 is 0 Å². The molecular formula is C19H18ClN3O3. The van der Waals surface area contributed by atoms with Gasteiger partial charge in [0.05, 0.1) is 11.8 Å². The normalized spacial score (nSPS) is 21.3. The van der Waals surface area contributed by atoms with E-state index in [1.807, 2.05) is 24.3 Å². The number of para-hydroxylation sites is 3. The molecule has 2 aromatic rings. The number of hydrogen-bond acceptors (Lipinski definition) is 5. The lowest BCUT2D eigenvalue weighted by Gasteiger charge is -2.36. The summed E-state index contributed by atoms with van der Waals surface area (Å²) >= 11 is 6.81. The summed E-state index contributed by atoms with van der Waals surface area (Å²) in [5.41, 5.74) is 1.40. The summed E-state index contributed by atoms with van der Waals surface area (Å²) in [6.07, 6.45) is 0. The van der Waals surface area contributed by atoms with E-state index in [0.717, 1.165) is 6.54 Å². The van der Waals surface area contributed by atoms with E-state index in [1.54, 1.807) is 24.3 Å². The summed E-state index contributed by atoms with van der Waals surface area (Å²) in [6, 6.07) is 14.0. The van der Waals surface area contributed by atoms with Crippen molar-refractivity contribution in [3.8, 4) is 11.5 Å². The highest BCUT2D eigenvalue weighted by Crippen LogP contribution is 2.41. The Kier molecular flexibility index (Phi) is 4.40. The summed E-state index contributed by atoms with van der Waals surface area (Å²) in [5.74, 6) is -0.0476. The van der Waals surface area contributed by atoms with Gasteiger partial charge in [0.2, 0.25) is 0 Å². The van der Waals surface area contributed by atoms with Crippen LogP contribution < -0.4 is 15.4 Å². The van der Waals surface area contributed by atoms with Crippen LogP contribution in [0.3, 0.4) is 0 Å². The second kappa shape index (κ2) is 6.72. The van der Waals surface area contributed by atoms with Crippen LogP contribution in [0.2, 0.25) is 0 Å². The van der Waals surface area contributed by atoms with E-state index in [9.17, 15) is 9.90 Å². The molecule has 0 bridgehead atoms. The minimum absolute atomic E-state index is 0.272. The highest BCUT2D eigenvalue weighted by Gasteiger charge is 2.51. The molecule has 2 aromatic carbocycles. The van der Waals surface area contributed by atoms with Crippen LogP contribution in [-0.2, 0) is 4.79 Å². The molecule has 4 rings (SSSR count). The standard InChI is InChI=1S/C19H18ClN3O3/c20-19(18(24)25,16-11-21-9-10-22-16)17-12-5-1-3-7-14(12)26-15-8-4-2-6-13(15)23-17/h1-8,16,21-22H,9-11H2,(H,24,25). The summed E-state index contributed by atoms with van der Waals surface area (Å²) in [6.45, 7) is 1.83. The maximum Gasteiger partial charge on any atom is 0.332 e. The van der Waals surface area contributed by atoms with Gasteiger partial charge in [-0.3, -0.25) is 0 Å². The van der Waals surface area contributed by atoms with Crippen molar-refractivity contribution in [2.24, 2.45) is 4.99 Å². The SMILES string of the molecule is O=C(O)C(Cl)(C1=Nc2ccccc2Oc2ccccc21)C1CNCCN1. The molecule has 6 nitrogen and oxygen atoms in total. The van der Waals surface area contributed by atoms with Crippen molar-refractivity contribution >= 4 is 29.0 Å². The minimum Gasteiger partial charge on any atom is -0.480 e. The van der Waals surface area contributed by atoms with Crippen molar-refractivity contribution < 1.29 is 14.6 Å². The second-order valence-electron chi connectivity index (χ2n) is 6.25. The number of ether oxygens (including phenoxy) is 1. The molecule has 1 saturated heterocycles. The number of carboxylic acids is 1. The Morgan fingerprint density at radius 1 is 1.15 bits per heavy atom. The Labute approximate surface area is 155 Å². The first-order chi connectivity index (χ1) is 12.6. The maximum atomic E-state index is 12.3. The molecule has 0 amide bonds. The molecule has 3 N–H and O–H groups in total. The van der Waals surface area contributed by atoms with Crippen molar-refractivity contribution in [1.29, 1.82) is 0 Å². The highest BCUT2D eigenvalue weighted by molar-refractivity contribution is 6.50. The number of carbonyl (C=O) groups is 1. The number of rotatable bonds is 3. The molecule has 0 radical (unpaired) electrons. The molecule has 0 saturated carbocycles. The van der Waals surface area contributed by atoms with E-state index in [0.29, 0.717) is 35.8 Å². The molecule has 0 aliphatic carbocycles. The lowest BCUT2D eigenvalue weighted by Crippen LogP contribution is -2.64. The van der Waals surface area contributed by atoms with E-state index in [-0.39, 0.29) is 5.71 Å². The fourth-order valence-electron chi connectivity index (χ4n) is 3.31. The molecule has 2 unspecified atom stereocenters. The highest BCUT2D eigenvalue weighted by atomic mass is 35.5. The number of halogens is 1. The first-order valence-corrected chi connectivity index (χ1v) is 8.80. The molecule has 2 atom stereocenters. The van der Waals surface area contributed by atoms with Crippen LogP contribution in [0, 0.1) is 0 Å². The van der Waals surface area contributed by atoms with Gasteiger partial charge in [-0.25, -0.2) is 9.79 Å². The van der Waals surface area contributed by atoms with Crippen LogP contribution in [-0.4, -0.2) is 47.3 Å². The lowest BCUT2D eigenvalue weighted by atomic mass is 9.87. The third-order valence-electron chi connectivity index (χ3n) is 4.64. The number of nitrogens with one attached hydrogen (secondary N) is 2. The van der Waals surface area contributed by atoms with Crippen LogP contribution in [0.5, 0.6) is 11.5 Å². The van der Waals surface area contributed by atoms with Crippen molar-refractivity contribution in [1.82, 2.24) is 10.6 Å². The number of nitrogens with zero attached hydrogens (tertiary/aromatic N) is 1. The molecule has 0 aromatic heterocycles. The van der Waals surface area contributed by atoms with Crippen LogP contribution in [0.25, 0.3) is 0 Å². The zero-order valence-electron chi connectivity index (χ0n) is 13.9. The second-order valence-corrected chi connectivity index (χ2v) is 6.85. The van der Waals surface area contributed by atoms with Crippen LogP contribution >= 0.6 is 11.6 Å². The Bertz CT molecular complexity index is 880. The molecule has 0 spiro atoms. The van der Waals surface area contributed by atoms with E-state index in [1.165, 1.54) is 0 Å². The zero-order chi connectivity index (χ0) is 18.1. The van der Waals surface area contributed by atoms with Gasteiger partial charge in [0.1, 0.15) is 11.4 Å². The van der Waals surface area contributed by atoms with Crippen LogP contribution in [0.15, 0.2) is 53.5 Å². The quantitative estimate of drug-likeness (QED) is 0.722. The predicted octanol–water partition coefficient (Wildman–Crippen LogP) is 2.54. The van der Waals surface area contributed by atoms with E-state index < -0.39 is 16.9 Å². The molecule has 2 aliphatic heterocycles. The van der Waals surface area contributed by atoms with Crippen molar-refractivity contribution in [3.63, 3.8) is 0 Å². The van der Waals surface area contributed by atoms with E-state index in [2.05, 4.69) is 15.6 Å². The number of hydrogen-bond donors (Lipinski definition) is 3. The summed E-state index contributed by atoms with van der Waals surface area (Å²) in [5, 5.41) is 16.5. The average Bonchev–Trinajstić information content (AvgIpc) is 2.84. The van der Waals surface area contributed by atoms with Crippen LogP contribution in [0.1, 0.15) is 5.56 Å². The van der Waals surface area contributed by atoms with Crippen molar-refractivity contribution in [3.05, 3.63) is 54.1 Å². The molecule has 7 heteroatoms. The fourth-order valence-corrected chi connectivity index (χ4v) is 3.61. The third-order valence-corrected chi connectivity index (χ3v) is 5.24. The van der Waals surface area contributed by atoms with Gasteiger partial charge in [-0.05, 0) is 24.3 Å². The van der Waals surface area contributed by atoms with Gasteiger partial charge in [0.15, 0.2) is 10.6 Å². The van der Waals surface area contributed by atoms with Gasteiger partial charge >= 0.3 is 5.97 Å². The van der Waals surface area contributed by atoms with Gasteiger partial charge in [-0.1, -0.05) is 35.9 Å². The third kappa shape index (κ3) is 2.76. The fraction of sp³-hybridized carbons (Fsp3) is 0.263. The van der Waals surface area contributed by atoms with Crippen LogP contribution in [0.4, 0.5) is 5.69 Å². The van der Waals surface area contributed by atoms with Gasteiger partial charge in [0, 0.05) is 25.2 Å². The Morgan fingerprint density at radius 2 is 1.88 bits per heavy atom. The van der Waals surface area contributed by atoms with Crippen molar-refractivity contribution in [2.45, 2.75) is 10.9 Å². The monoisotopic (exact) mass is 371 g/mol. The average molecular weight is 372 g/mol. The zero-order valence-corrected chi connectivity index (χ0v) is 14.7. The number of piperazine rings is 1. The lowest BCUT2D eigenvalue weighted by molar-refractivity contribution is -0.139. The Morgan fingerprint density at radius 3 is 2.62 bits per heavy atom. The first-order valence-electron chi connectivity index (χ1n) is 8.42. The molecular weight excluding hydrogens is 354 g/mol. The Balaban J connectivity index is 1.94. The molecule has 26 heavy (non-hydrogen) atoms. The molecule has 2 aliphatic rings. The number of fused-ring (bicyclic) bond motifs is 2. The summed E-state index contributed by atoms with van der Waals surface area (Å²) in [4.78, 5) is 15.2. The minimum atomic E-state index is -1.75. The number of aliphatic imine (C=N–C) groups is 1. The van der Waals surface area contributed by atoms with Gasteiger partial charge in [-0.15, -0.1) is 0 Å². The molecule has 134 valence electrons. The number of benzene rings is 2. The number of aliphatic carboxylic acids is 1. The van der Waals surface area contributed by atoms with E-state index in [4.69, 9.17) is 16.3 Å².